The lowest BCUT2D eigenvalue weighted by atomic mass is 9.81. The van der Waals surface area contributed by atoms with Crippen LogP contribution in [-0.4, -0.2) is 22.9 Å². The second kappa shape index (κ2) is 6.75. The van der Waals surface area contributed by atoms with Crippen LogP contribution in [0.5, 0.6) is 0 Å². The standard InChI is InChI=1S/C17H31N3/c1-5-15-10-16(20(4)19-15)11-17(8-6-7-9-17)13-18-12-14(2)3/h10,14,18H,5-9,11-13H2,1-4H3. The first kappa shape index (κ1) is 15.6. The Balaban J connectivity index is 2.02. The molecule has 0 saturated heterocycles. The highest BCUT2D eigenvalue weighted by molar-refractivity contribution is 5.13. The summed E-state index contributed by atoms with van der Waals surface area (Å²) in [5.74, 6) is 0.733. The monoisotopic (exact) mass is 277 g/mol. The lowest BCUT2D eigenvalue weighted by Crippen LogP contribution is -2.36. The van der Waals surface area contributed by atoms with Crippen LogP contribution in [0, 0.1) is 11.3 Å². The van der Waals surface area contributed by atoms with E-state index < -0.39 is 0 Å². The average Bonchev–Trinajstić information content (AvgIpc) is 2.98. The molecule has 1 fully saturated rings. The third-order valence-corrected chi connectivity index (χ3v) is 4.66. The second-order valence-electron chi connectivity index (χ2n) is 7.01. The molecule has 1 saturated carbocycles. The highest BCUT2D eigenvalue weighted by Crippen LogP contribution is 2.40. The van der Waals surface area contributed by atoms with Gasteiger partial charge in [-0.1, -0.05) is 33.6 Å². The molecular formula is C17H31N3. The number of aromatic nitrogens is 2. The first-order chi connectivity index (χ1) is 9.54. The first-order valence-corrected chi connectivity index (χ1v) is 8.27. The molecule has 3 nitrogen and oxygen atoms in total. The first-order valence-electron chi connectivity index (χ1n) is 8.27. The fourth-order valence-corrected chi connectivity index (χ4v) is 3.46. The zero-order valence-electron chi connectivity index (χ0n) is 13.7. The Morgan fingerprint density at radius 1 is 1.35 bits per heavy atom. The van der Waals surface area contributed by atoms with Gasteiger partial charge in [-0.3, -0.25) is 4.68 Å². The number of nitrogens with zero attached hydrogens (tertiary/aromatic N) is 2. The van der Waals surface area contributed by atoms with E-state index in [4.69, 9.17) is 0 Å². The molecule has 0 amide bonds. The van der Waals surface area contributed by atoms with Crippen LogP contribution >= 0.6 is 0 Å². The summed E-state index contributed by atoms with van der Waals surface area (Å²) in [5, 5.41) is 8.31. The van der Waals surface area contributed by atoms with E-state index in [0.717, 1.165) is 25.4 Å². The summed E-state index contributed by atoms with van der Waals surface area (Å²) in [5.41, 5.74) is 3.11. The molecule has 3 heteroatoms. The summed E-state index contributed by atoms with van der Waals surface area (Å²) in [7, 11) is 2.10. The Labute approximate surface area is 124 Å². The van der Waals surface area contributed by atoms with E-state index in [1.54, 1.807) is 0 Å². The summed E-state index contributed by atoms with van der Waals surface area (Å²) in [6, 6.07) is 2.31. The fourth-order valence-electron chi connectivity index (χ4n) is 3.46. The summed E-state index contributed by atoms with van der Waals surface area (Å²) < 4.78 is 2.10. The highest BCUT2D eigenvalue weighted by atomic mass is 15.3. The molecule has 1 aliphatic rings. The third-order valence-electron chi connectivity index (χ3n) is 4.66. The van der Waals surface area contributed by atoms with Crippen LogP contribution in [0.25, 0.3) is 0 Å². The van der Waals surface area contributed by atoms with Crippen molar-refractivity contribution in [1.82, 2.24) is 15.1 Å². The molecule has 0 atom stereocenters. The Hall–Kier alpha value is -0.830. The predicted octanol–water partition coefficient (Wildman–Crippen LogP) is 3.33. The van der Waals surface area contributed by atoms with Gasteiger partial charge in [0, 0.05) is 19.3 Å². The van der Waals surface area contributed by atoms with Gasteiger partial charge in [0.25, 0.3) is 0 Å². The van der Waals surface area contributed by atoms with Crippen molar-refractivity contribution in [1.29, 1.82) is 0 Å². The van der Waals surface area contributed by atoms with Crippen molar-refractivity contribution in [2.24, 2.45) is 18.4 Å². The summed E-state index contributed by atoms with van der Waals surface area (Å²) in [4.78, 5) is 0. The molecule has 0 aliphatic heterocycles. The molecule has 1 aliphatic carbocycles. The van der Waals surface area contributed by atoms with Crippen LogP contribution in [0.15, 0.2) is 6.07 Å². The van der Waals surface area contributed by atoms with Crippen molar-refractivity contribution in [3.8, 4) is 0 Å². The van der Waals surface area contributed by atoms with Gasteiger partial charge in [-0.25, -0.2) is 0 Å². The van der Waals surface area contributed by atoms with E-state index in [1.165, 1.54) is 43.5 Å². The quantitative estimate of drug-likeness (QED) is 0.828. The van der Waals surface area contributed by atoms with E-state index in [1.807, 2.05) is 0 Å². The van der Waals surface area contributed by atoms with E-state index >= 15 is 0 Å². The van der Waals surface area contributed by atoms with Crippen molar-refractivity contribution in [3.05, 3.63) is 17.5 Å². The minimum atomic E-state index is 0.466. The Morgan fingerprint density at radius 3 is 2.60 bits per heavy atom. The van der Waals surface area contributed by atoms with Gasteiger partial charge in [0.1, 0.15) is 0 Å². The SMILES string of the molecule is CCc1cc(CC2(CNCC(C)C)CCCC2)n(C)n1. The minimum absolute atomic E-state index is 0.466. The molecule has 0 unspecified atom stereocenters. The number of rotatable bonds is 7. The molecule has 0 bridgehead atoms. The maximum absolute atomic E-state index is 4.61. The fraction of sp³-hybridized carbons (Fsp3) is 0.824. The summed E-state index contributed by atoms with van der Waals surface area (Å²) in [6.07, 6.45) is 7.73. The van der Waals surface area contributed by atoms with E-state index in [9.17, 15) is 0 Å². The van der Waals surface area contributed by atoms with Crippen LogP contribution in [0.2, 0.25) is 0 Å². The Morgan fingerprint density at radius 2 is 2.05 bits per heavy atom. The molecule has 0 aromatic carbocycles. The molecule has 20 heavy (non-hydrogen) atoms. The number of nitrogens with one attached hydrogen (secondary N) is 1. The van der Waals surface area contributed by atoms with Gasteiger partial charge in [0.05, 0.1) is 5.69 Å². The van der Waals surface area contributed by atoms with Gasteiger partial charge in [-0.15, -0.1) is 0 Å². The lowest BCUT2D eigenvalue weighted by Gasteiger charge is -2.30. The van der Waals surface area contributed by atoms with E-state index in [0.29, 0.717) is 5.41 Å². The van der Waals surface area contributed by atoms with Crippen molar-refractivity contribution in [2.45, 2.75) is 59.3 Å². The van der Waals surface area contributed by atoms with Crippen LogP contribution < -0.4 is 5.32 Å². The van der Waals surface area contributed by atoms with Crippen molar-refractivity contribution in [3.63, 3.8) is 0 Å². The number of hydrogen-bond donors (Lipinski definition) is 1. The molecule has 2 rings (SSSR count). The molecule has 1 aromatic rings. The third kappa shape index (κ3) is 3.85. The Bertz CT molecular complexity index is 414. The van der Waals surface area contributed by atoms with Crippen LogP contribution in [0.1, 0.15) is 57.8 Å². The van der Waals surface area contributed by atoms with Gasteiger partial charge < -0.3 is 5.32 Å². The van der Waals surface area contributed by atoms with Crippen LogP contribution in [-0.2, 0) is 19.9 Å². The van der Waals surface area contributed by atoms with E-state index in [-0.39, 0.29) is 0 Å². The van der Waals surface area contributed by atoms with E-state index in [2.05, 4.69) is 49.0 Å². The minimum Gasteiger partial charge on any atom is -0.316 e. The predicted molar refractivity (Wildman–Crippen MR) is 84.9 cm³/mol. The molecule has 114 valence electrons. The molecule has 1 N–H and O–H groups in total. The maximum Gasteiger partial charge on any atom is 0.0624 e. The molecule has 0 spiro atoms. The van der Waals surface area contributed by atoms with Crippen LogP contribution in [0.4, 0.5) is 0 Å². The zero-order chi connectivity index (χ0) is 14.6. The normalized spacial score (nSPS) is 18.1. The van der Waals surface area contributed by atoms with Gasteiger partial charge in [-0.2, -0.15) is 5.10 Å². The largest absolute Gasteiger partial charge is 0.316 e. The lowest BCUT2D eigenvalue weighted by molar-refractivity contribution is 0.267. The van der Waals surface area contributed by atoms with Gasteiger partial charge in [-0.05, 0) is 49.6 Å². The number of aryl methyl sites for hydroxylation is 2. The number of hydrogen-bond acceptors (Lipinski definition) is 2. The zero-order valence-corrected chi connectivity index (χ0v) is 13.7. The second-order valence-corrected chi connectivity index (χ2v) is 7.01. The van der Waals surface area contributed by atoms with Crippen molar-refractivity contribution < 1.29 is 0 Å². The van der Waals surface area contributed by atoms with Crippen LogP contribution in [0.3, 0.4) is 0 Å². The molecule has 0 radical (unpaired) electrons. The molecule has 1 aromatic heterocycles. The molecular weight excluding hydrogens is 246 g/mol. The van der Waals surface area contributed by atoms with Crippen molar-refractivity contribution >= 4 is 0 Å². The smallest absolute Gasteiger partial charge is 0.0624 e. The topological polar surface area (TPSA) is 29.9 Å². The van der Waals surface area contributed by atoms with Gasteiger partial charge >= 0.3 is 0 Å². The Kier molecular flexibility index (Phi) is 5.25. The summed E-state index contributed by atoms with van der Waals surface area (Å²) >= 11 is 0. The molecule has 1 heterocycles. The highest BCUT2D eigenvalue weighted by Gasteiger charge is 2.34. The van der Waals surface area contributed by atoms with Gasteiger partial charge in [0.2, 0.25) is 0 Å². The average molecular weight is 277 g/mol. The maximum atomic E-state index is 4.61. The van der Waals surface area contributed by atoms with Crippen molar-refractivity contribution in [2.75, 3.05) is 13.1 Å². The van der Waals surface area contributed by atoms with Gasteiger partial charge in [0.15, 0.2) is 0 Å². The summed E-state index contributed by atoms with van der Waals surface area (Å²) in [6.45, 7) is 9.04.